The number of benzene rings is 1. The van der Waals surface area contributed by atoms with Crippen molar-refractivity contribution in [3.8, 4) is 16.3 Å². The smallest absolute Gasteiger partial charge is 0.422 e. The number of thiazole rings is 2. The number of aryl methyl sites for hydroxylation is 2. The zero-order chi connectivity index (χ0) is 20.5. The highest BCUT2D eigenvalue weighted by Crippen LogP contribution is 2.35. The number of aromatic nitrogens is 2. The molecule has 2 aromatic heterocycles. The Labute approximate surface area is 166 Å². The monoisotopic (exact) mass is 428 g/mol. The van der Waals surface area contributed by atoms with Crippen molar-refractivity contribution in [2.45, 2.75) is 20.0 Å². The van der Waals surface area contributed by atoms with Crippen molar-refractivity contribution in [1.29, 1.82) is 0 Å². The van der Waals surface area contributed by atoms with E-state index in [9.17, 15) is 18.0 Å². The van der Waals surface area contributed by atoms with Crippen LogP contribution in [0.4, 0.5) is 24.0 Å². The summed E-state index contributed by atoms with van der Waals surface area (Å²) in [6.07, 6.45) is -4.49. The molecule has 0 fully saturated rings. The molecule has 0 aliphatic heterocycles. The van der Waals surface area contributed by atoms with E-state index in [1.54, 1.807) is 0 Å². The van der Waals surface area contributed by atoms with E-state index in [4.69, 9.17) is 10.5 Å². The van der Waals surface area contributed by atoms with E-state index < -0.39 is 18.7 Å². The zero-order valence-electron chi connectivity index (χ0n) is 14.8. The maximum absolute atomic E-state index is 12.5. The Morgan fingerprint density at radius 1 is 1.29 bits per heavy atom. The van der Waals surface area contributed by atoms with E-state index >= 15 is 0 Å². The lowest BCUT2D eigenvalue weighted by Gasteiger charge is -2.14. The third-order valence-electron chi connectivity index (χ3n) is 3.54. The summed E-state index contributed by atoms with van der Waals surface area (Å²) in [5, 5.41) is 6.07. The number of nitrogens with zero attached hydrogens (tertiary/aromatic N) is 2. The van der Waals surface area contributed by atoms with Crippen molar-refractivity contribution >= 4 is 39.4 Å². The van der Waals surface area contributed by atoms with Crippen molar-refractivity contribution in [1.82, 2.24) is 9.97 Å². The summed E-state index contributed by atoms with van der Waals surface area (Å²) < 4.78 is 42.4. The molecule has 0 aliphatic rings. The molecular formula is C17H15F3N4O2S2. The Bertz CT molecular complexity index is 1010. The first kappa shape index (κ1) is 20.1. The van der Waals surface area contributed by atoms with Gasteiger partial charge in [-0.2, -0.15) is 13.2 Å². The standard InChI is InChI=1S/C17H15F3N4O2S2/c1-8-14(28-9(2)22-8)12-6-27-16(24-12)23-11-5-10(15(21)25)3-4-13(11)26-7-17(18,19)20/h3-6H,7H2,1-2H3,(H2,21,25)(H,23,24). The summed E-state index contributed by atoms with van der Waals surface area (Å²) in [7, 11) is 0. The third-order valence-corrected chi connectivity index (χ3v) is 5.39. The van der Waals surface area contributed by atoms with Gasteiger partial charge in [-0.15, -0.1) is 22.7 Å². The van der Waals surface area contributed by atoms with Crippen LogP contribution in [0.1, 0.15) is 21.1 Å². The quantitative estimate of drug-likeness (QED) is 0.596. The number of hydrogen-bond donors (Lipinski definition) is 2. The van der Waals surface area contributed by atoms with Gasteiger partial charge in [0.2, 0.25) is 5.91 Å². The Hall–Kier alpha value is -2.66. The molecule has 28 heavy (non-hydrogen) atoms. The molecule has 0 aliphatic carbocycles. The maximum Gasteiger partial charge on any atom is 0.422 e. The van der Waals surface area contributed by atoms with E-state index in [0.717, 1.165) is 15.6 Å². The highest BCUT2D eigenvalue weighted by molar-refractivity contribution is 7.16. The average molecular weight is 428 g/mol. The molecule has 3 N–H and O–H groups in total. The second-order valence-corrected chi connectivity index (χ2v) is 7.85. The minimum absolute atomic E-state index is 0.0658. The third kappa shape index (κ3) is 4.78. The first-order valence-corrected chi connectivity index (χ1v) is 9.62. The van der Waals surface area contributed by atoms with Crippen LogP contribution in [-0.4, -0.2) is 28.7 Å². The molecule has 0 spiro atoms. The van der Waals surface area contributed by atoms with Gasteiger partial charge < -0.3 is 15.8 Å². The van der Waals surface area contributed by atoms with Gasteiger partial charge in [0.05, 0.1) is 27.0 Å². The largest absolute Gasteiger partial charge is 0.482 e. The molecule has 2 heterocycles. The second-order valence-electron chi connectivity index (χ2n) is 5.79. The number of halogens is 3. The van der Waals surface area contributed by atoms with Crippen LogP contribution in [0, 0.1) is 13.8 Å². The van der Waals surface area contributed by atoms with Crippen molar-refractivity contribution in [3.05, 3.63) is 39.8 Å². The molecule has 3 rings (SSSR count). The fourth-order valence-corrected chi connectivity index (χ4v) is 4.05. The van der Waals surface area contributed by atoms with Gasteiger partial charge in [0.1, 0.15) is 5.75 Å². The predicted molar refractivity (Wildman–Crippen MR) is 102 cm³/mol. The summed E-state index contributed by atoms with van der Waals surface area (Å²) in [5.41, 5.74) is 7.12. The summed E-state index contributed by atoms with van der Waals surface area (Å²) >= 11 is 2.77. The van der Waals surface area contributed by atoms with Crippen molar-refractivity contribution < 1.29 is 22.7 Å². The van der Waals surface area contributed by atoms with E-state index in [2.05, 4.69) is 15.3 Å². The highest BCUT2D eigenvalue weighted by Gasteiger charge is 2.29. The molecule has 0 unspecified atom stereocenters. The lowest BCUT2D eigenvalue weighted by atomic mass is 10.2. The van der Waals surface area contributed by atoms with Gasteiger partial charge in [-0.25, -0.2) is 9.97 Å². The number of amides is 1. The fraction of sp³-hybridized carbons (Fsp3) is 0.235. The van der Waals surface area contributed by atoms with Crippen LogP contribution in [0.15, 0.2) is 23.6 Å². The van der Waals surface area contributed by atoms with Crippen LogP contribution in [0.3, 0.4) is 0 Å². The summed E-state index contributed by atoms with van der Waals surface area (Å²) in [4.78, 5) is 21.2. The molecule has 0 radical (unpaired) electrons. The number of ether oxygens (including phenoxy) is 1. The Kier molecular flexibility index (Phi) is 5.57. The van der Waals surface area contributed by atoms with Crippen molar-refractivity contribution in [3.63, 3.8) is 0 Å². The van der Waals surface area contributed by atoms with E-state index in [0.29, 0.717) is 10.8 Å². The molecule has 1 amide bonds. The van der Waals surface area contributed by atoms with Gasteiger partial charge in [0.15, 0.2) is 11.7 Å². The molecule has 11 heteroatoms. The molecule has 0 bridgehead atoms. The van der Waals surface area contributed by atoms with E-state index in [1.807, 2.05) is 19.2 Å². The van der Waals surface area contributed by atoms with Gasteiger partial charge in [0.25, 0.3) is 0 Å². The van der Waals surface area contributed by atoms with Crippen LogP contribution < -0.4 is 15.8 Å². The number of anilines is 2. The topological polar surface area (TPSA) is 90.1 Å². The molecule has 6 nitrogen and oxygen atoms in total. The number of nitrogens with one attached hydrogen (secondary N) is 1. The number of primary amides is 1. The van der Waals surface area contributed by atoms with Gasteiger partial charge in [0, 0.05) is 10.9 Å². The van der Waals surface area contributed by atoms with Crippen molar-refractivity contribution in [2.75, 3.05) is 11.9 Å². The molecule has 3 aromatic rings. The number of nitrogens with two attached hydrogens (primary N) is 1. The Morgan fingerprint density at radius 3 is 2.64 bits per heavy atom. The molecule has 148 valence electrons. The number of hydrogen-bond acceptors (Lipinski definition) is 7. The van der Waals surface area contributed by atoms with Crippen molar-refractivity contribution in [2.24, 2.45) is 5.73 Å². The lowest BCUT2D eigenvalue weighted by molar-refractivity contribution is -0.153. The van der Waals surface area contributed by atoms with E-state index in [-0.39, 0.29) is 17.0 Å². The SMILES string of the molecule is Cc1nc(C)c(-c2csc(Nc3cc(C(N)=O)ccc3OCC(F)(F)F)n2)s1. The maximum atomic E-state index is 12.5. The molecule has 0 saturated heterocycles. The zero-order valence-corrected chi connectivity index (χ0v) is 16.4. The van der Waals surface area contributed by atoms with Gasteiger partial charge in [-0.1, -0.05) is 0 Å². The number of carbonyl (C=O) groups is 1. The Balaban J connectivity index is 1.88. The highest BCUT2D eigenvalue weighted by atomic mass is 32.1. The number of carbonyl (C=O) groups excluding carboxylic acids is 1. The number of alkyl halides is 3. The first-order chi connectivity index (χ1) is 13.1. The van der Waals surface area contributed by atoms with Crippen LogP contribution in [0.25, 0.3) is 10.6 Å². The predicted octanol–water partition coefficient (Wildman–Crippen LogP) is 4.67. The molecular weight excluding hydrogens is 413 g/mol. The van der Waals surface area contributed by atoms with Crippen LogP contribution >= 0.6 is 22.7 Å². The first-order valence-electron chi connectivity index (χ1n) is 7.93. The minimum Gasteiger partial charge on any atom is -0.482 e. The average Bonchev–Trinajstić information content (AvgIpc) is 3.18. The second kappa shape index (κ2) is 7.76. The molecule has 1 aromatic carbocycles. The van der Waals surface area contributed by atoms with Crippen LogP contribution in [0.5, 0.6) is 5.75 Å². The summed E-state index contributed by atoms with van der Waals surface area (Å²) in [6.45, 7) is 2.32. The van der Waals surface area contributed by atoms with Gasteiger partial charge in [-0.05, 0) is 32.0 Å². The molecule has 0 saturated carbocycles. The summed E-state index contributed by atoms with van der Waals surface area (Å²) in [5.74, 6) is -0.773. The fourth-order valence-electron chi connectivity index (χ4n) is 2.39. The summed E-state index contributed by atoms with van der Waals surface area (Å²) in [6, 6.07) is 3.90. The minimum atomic E-state index is -4.49. The van der Waals surface area contributed by atoms with Gasteiger partial charge in [-0.3, -0.25) is 4.79 Å². The Morgan fingerprint density at radius 2 is 2.04 bits per heavy atom. The lowest BCUT2D eigenvalue weighted by Crippen LogP contribution is -2.20. The van der Waals surface area contributed by atoms with Crippen LogP contribution in [0.2, 0.25) is 0 Å². The molecule has 0 atom stereocenters. The van der Waals surface area contributed by atoms with Crippen LogP contribution in [-0.2, 0) is 0 Å². The normalized spacial score (nSPS) is 11.5. The van der Waals surface area contributed by atoms with E-state index in [1.165, 1.54) is 40.9 Å². The van der Waals surface area contributed by atoms with Gasteiger partial charge >= 0.3 is 6.18 Å². The number of rotatable bonds is 6.